The van der Waals surface area contributed by atoms with Crippen molar-refractivity contribution in [2.24, 2.45) is 0 Å². The fourth-order valence-electron chi connectivity index (χ4n) is 2.05. The fraction of sp³-hybridized carbons (Fsp3) is 0.750. The van der Waals surface area contributed by atoms with Crippen LogP contribution < -0.4 is 0 Å². The standard InChI is InChI=1S/C12H21N3/c1-11(2)12-9-13-15(10-12)8-7-14-5-3-4-6-14/h9-11H,3-8H2,1-2H3. The molecule has 0 atom stereocenters. The Balaban J connectivity index is 1.82. The van der Waals surface area contributed by atoms with Gasteiger partial charge in [0.2, 0.25) is 0 Å². The Morgan fingerprint density at radius 1 is 1.27 bits per heavy atom. The third-order valence-electron chi connectivity index (χ3n) is 3.16. The van der Waals surface area contributed by atoms with Gasteiger partial charge in [-0.05, 0) is 37.4 Å². The van der Waals surface area contributed by atoms with Gasteiger partial charge < -0.3 is 4.90 Å². The first-order valence-corrected chi connectivity index (χ1v) is 6.00. The molecule has 3 heteroatoms. The van der Waals surface area contributed by atoms with Gasteiger partial charge in [-0.2, -0.15) is 5.10 Å². The molecule has 0 unspecified atom stereocenters. The summed E-state index contributed by atoms with van der Waals surface area (Å²) in [5.41, 5.74) is 1.34. The molecular formula is C12H21N3. The van der Waals surface area contributed by atoms with E-state index in [-0.39, 0.29) is 0 Å². The van der Waals surface area contributed by atoms with Crippen LogP contribution in [0.2, 0.25) is 0 Å². The normalized spacial score (nSPS) is 17.8. The molecule has 15 heavy (non-hydrogen) atoms. The molecule has 1 saturated heterocycles. The van der Waals surface area contributed by atoms with Crippen LogP contribution in [0.5, 0.6) is 0 Å². The molecule has 0 aliphatic carbocycles. The first-order chi connectivity index (χ1) is 7.25. The van der Waals surface area contributed by atoms with Crippen molar-refractivity contribution >= 4 is 0 Å². The summed E-state index contributed by atoms with van der Waals surface area (Å²) in [5.74, 6) is 0.588. The Morgan fingerprint density at radius 2 is 2.00 bits per heavy atom. The Kier molecular flexibility index (Phi) is 3.41. The first-order valence-electron chi connectivity index (χ1n) is 6.00. The summed E-state index contributed by atoms with van der Waals surface area (Å²) in [4.78, 5) is 2.52. The van der Waals surface area contributed by atoms with Crippen LogP contribution in [0.3, 0.4) is 0 Å². The lowest BCUT2D eigenvalue weighted by Crippen LogP contribution is -2.24. The highest BCUT2D eigenvalue weighted by molar-refractivity contribution is 5.08. The summed E-state index contributed by atoms with van der Waals surface area (Å²) in [5, 5.41) is 4.39. The molecule has 0 spiro atoms. The lowest BCUT2D eigenvalue weighted by molar-refractivity contribution is 0.315. The summed E-state index contributed by atoms with van der Waals surface area (Å²) < 4.78 is 2.08. The van der Waals surface area contributed by atoms with Gasteiger partial charge in [-0.3, -0.25) is 4.68 Å². The van der Waals surface area contributed by atoms with Gasteiger partial charge in [0.15, 0.2) is 0 Å². The van der Waals surface area contributed by atoms with Gasteiger partial charge in [-0.25, -0.2) is 0 Å². The molecule has 1 aromatic heterocycles. The maximum atomic E-state index is 4.39. The average Bonchev–Trinajstić information content (AvgIpc) is 2.86. The molecule has 0 saturated carbocycles. The van der Waals surface area contributed by atoms with E-state index < -0.39 is 0 Å². The van der Waals surface area contributed by atoms with E-state index in [0.29, 0.717) is 5.92 Å². The van der Waals surface area contributed by atoms with E-state index in [9.17, 15) is 0 Å². The van der Waals surface area contributed by atoms with E-state index >= 15 is 0 Å². The number of likely N-dealkylation sites (tertiary alicyclic amines) is 1. The van der Waals surface area contributed by atoms with Gasteiger partial charge in [-0.15, -0.1) is 0 Å². The third-order valence-corrected chi connectivity index (χ3v) is 3.16. The van der Waals surface area contributed by atoms with Crippen LogP contribution in [0, 0.1) is 0 Å². The minimum atomic E-state index is 0.588. The van der Waals surface area contributed by atoms with Gasteiger partial charge in [0.1, 0.15) is 0 Å². The highest BCUT2D eigenvalue weighted by atomic mass is 15.3. The summed E-state index contributed by atoms with van der Waals surface area (Å²) in [6.45, 7) is 9.16. The van der Waals surface area contributed by atoms with Crippen LogP contribution in [-0.2, 0) is 6.54 Å². The van der Waals surface area contributed by atoms with Crippen molar-refractivity contribution in [2.45, 2.75) is 39.2 Å². The Hall–Kier alpha value is -0.830. The molecule has 0 N–H and O–H groups in total. The summed E-state index contributed by atoms with van der Waals surface area (Å²) in [7, 11) is 0. The number of hydrogen-bond acceptors (Lipinski definition) is 2. The first kappa shape index (κ1) is 10.7. The highest BCUT2D eigenvalue weighted by Crippen LogP contribution is 2.12. The van der Waals surface area contributed by atoms with Gasteiger partial charge in [0.05, 0.1) is 12.7 Å². The van der Waals surface area contributed by atoms with E-state index in [1.165, 1.54) is 31.5 Å². The predicted molar refractivity (Wildman–Crippen MR) is 62.0 cm³/mol. The van der Waals surface area contributed by atoms with E-state index in [4.69, 9.17) is 0 Å². The zero-order valence-corrected chi connectivity index (χ0v) is 9.82. The van der Waals surface area contributed by atoms with Gasteiger partial charge in [0, 0.05) is 12.7 Å². The number of rotatable bonds is 4. The van der Waals surface area contributed by atoms with Crippen molar-refractivity contribution in [1.82, 2.24) is 14.7 Å². The predicted octanol–water partition coefficient (Wildman–Crippen LogP) is 2.10. The Bertz CT molecular complexity index is 298. The van der Waals surface area contributed by atoms with E-state index in [2.05, 4.69) is 34.7 Å². The second-order valence-corrected chi connectivity index (χ2v) is 4.74. The van der Waals surface area contributed by atoms with Crippen LogP contribution in [0.15, 0.2) is 12.4 Å². The van der Waals surface area contributed by atoms with E-state index in [1.807, 2.05) is 6.20 Å². The van der Waals surface area contributed by atoms with Crippen LogP contribution in [0.1, 0.15) is 38.2 Å². The Morgan fingerprint density at radius 3 is 2.60 bits per heavy atom. The number of hydrogen-bond donors (Lipinski definition) is 0. The zero-order valence-electron chi connectivity index (χ0n) is 9.82. The molecule has 0 radical (unpaired) electrons. The average molecular weight is 207 g/mol. The monoisotopic (exact) mass is 207 g/mol. The van der Waals surface area contributed by atoms with Gasteiger partial charge >= 0.3 is 0 Å². The maximum Gasteiger partial charge on any atom is 0.0536 e. The molecule has 1 aliphatic heterocycles. The molecule has 2 heterocycles. The quantitative estimate of drug-likeness (QED) is 0.754. The molecule has 0 aromatic carbocycles. The molecule has 1 aromatic rings. The molecule has 1 aliphatic rings. The molecular weight excluding hydrogens is 186 g/mol. The third kappa shape index (κ3) is 2.81. The molecule has 2 rings (SSSR count). The van der Waals surface area contributed by atoms with Crippen LogP contribution in [-0.4, -0.2) is 34.3 Å². The summed E-state index contributed by atoms with van der Waals surface area (Å²) >= 11 is 0. The minimum Gasteiger partial charge on any atom is -0.301 e. The minimum absolute atomic E-state index is 0.588. The van der Waals surface area contributed by atoms with Gasteiger partial charge in [0.25, 0.3) is 0 Å². The second-order valence-electron chi connectivity index (χ2n) is 4.74. The van der Waals surface area contributed by atoms with Gasteiger partial charge in [-0.1, -0.05) is 13.8 Å². The van der Waals surface area contributed by atoms with Crippen molar-refractivity contribution in [3.8, 4) is 0 Å². The van der Waals surface area contributed by atoms with Crippen LogP contribution in [0.25, 0.3) is 0 Å². The summed E-state index contributed by atoms with van der Waals surface area (Å²) in [6.07, 6.45) is 6.92. The van der Waals surface area contributed by atoms with Crippen LogP contribution in [0.4, 0.5) is 0 Å². The Labute approximate surface area is 92.1 Å². The smallest absolute Gasteiger partial charge is 0.0536 e. The van der Waals surface area contributed by atoms with Crippen molar-refractivity contribution in [3.63, 3.8) is 0 Å². The summed E-state index contributed by atoms with van der Waals surface area (Å²) in [6, 6.07) is 0. The van der Waals surface area contributed by atoms with Crippen molar-refractivity contribution in [3.05, 3.63) is 18.0 Å². The highest BCUT2D eigenvalue weighted by Gasteiger charge is 2.11. The topological polar surface area (TPSA) is 21.1 Å². The number of aromatic nitrogens is 2. The SMILES string of the molecule is CC(C)c1cnn(CCN2CCCC2)c1. The maximum absolute atomic E-state index is 4.39. The molecule has 1 fully saturated rings. The fourth-order valence-corrected chi connectivity index (χ4v) is 2.05. The second kappa shape index (κ2) is 4.79. The largest absolute Gasteiger partial charge is 0.301 e. The number of nitrogens with zero attached hydrogens (tertiary/aromatic N) is 3. The van der Waals surface area contributed by atoms with E-state index in [0.717, 1.165) is 13.1 Å². The van der Waals surface area contributed by atoms with Crippen molar-refractivity contribution in [1.29, 1.82) is 0 Å². The lowest BCUT2D eigenvalue weighted by Gasteiger charge is -2.13. The van der Waals surface area contributed by atoms with Crippen molar-refractivity contribution < 1.29 is 0 Å². The molecule has 0 amide bonds. The molecule has 84 valence electrons. The van der Waals surface area contributed by atoms with Crippen molar-refractivity contribution in [2.75, 3.05) is 19.6 Å². The lowest BCUT2D eigenvalue weighted by atomic mass is 10.1. The zero-order chi connectivity index (χ0) is 10.7. The molecule has 3 nitrogen and oxygen atoms in total. The molecule has 0 bridgehead atoms. The van der Waals surface area contributed by atoms with Crippen LogP contribution >= 0.6 is 0 Å². The van der Waals surface area contributed by atoms with E-state index in [1.54, 1.807) is 0 Å².